The van der Waals surface area contributed by atoms with E-state index in [1.165, 1.54) is 5.48 Å². The van der Waals surface area contributed by atoms with E-state index in [0.29, 0.717) is 6.54 Å². The Balaban J connectivity index is 1.89. The molecule has 0 atom stereocenters. The molecule has 0 bridgehead atoms. The van der Waals surface area contributed by atoms with Crippen LogP contribution in [0, 0.1) is 0 Å². The molecule has 0 heterocycles. The van der Waals surface area contributed by atoms with E-state index >= 15 is 0 Å². The molecule has 0 aromatic heterocycles. The molecule has 3 N–H and O–H groups in total. The Hall–Kier alpha value is -2.40. The second-order valence-corrected chi connectivity index (χ2v) is 4.49. The topological polar surface area (TPSA) is 78.4 Å². The van der Waals surface area contributed by atoms with E-state index in [1.807, 2.05) is 42.5 Å². The van der Waals surface area contributed by atoms with Crippen LogP contribution in [0.15, 0.2) is 42.5 Å². The van der Waals surface area contributed by atoms with Crippen molar-refractivity contribution in [1.82, 2.24) is 10.8 Å². The summed E-state index contributed by atoms with van der Waals surface area (Å²) < 4.78 is 0. The number of nitrogens with one attached hydrogen (secondary N) is 2. The van der Waals surface area contributed by atoms with Gasteiger partial charge in [-0.25, -0.2) is 5.48 Å². The minimum Gasteiger partial charge on any atom is -0.352 e. The van der Waals surface area contributed by atoms with E-state index in [-0.39, 0.29) is 18.7 Å². The lowest BCUT2D eigenvalue weighted by atomic mass is 10.1. The highest BCUT2D eigenvalue weighted by Gasteiger charge is 2.05. The van der Waals surface area contributed by atoms with Gasteiger partial charge >= 0.3 is 0 Å². The standard InChI is InChI=1S/C15H16N2O3/c18-14(7-8-15(19)17-20)16-10-11-5-6-12-3-1-2-4-13(12)9-11/h1-6,9,20H,7-8,10H2,(H,16,18)(H,17,19). The lowest BCUT2D eigenvalue weighted by molar-refractivity contribution is -0.131. The third kappa shape index (κ3) is 3.80. The number of carbonyl (C=O) groups excluding carboxylic acids is 2. The van der Waals surface area contributed by atoms with Gasteiger partial charge < -0.3 is 5.32 Å². The second-order valence-electron chi connectivity index (χ2n) is 4.49. The fourth-order valence-corrected chi connectivity index (χ4v) is 1.92. The summed E-state index contributed by atoms with van der Waals surface area (Å²) in [4.78, 5) is 22.3. The summed E-state index contributed by atoms with van der Waals surface area (Å²) in [5.74, 6) is -0.785. The third-order valence-electron chi connectivity index (χ3n) is 3.01. The number of hydroxylamine groups is 1. The Morgan fingerprint density at radius 3 is 2.40 bits per heavy atom. The summed E-state index contributed by atoms with van der Waals surface area (Å²) in [6, 6.07) is 14.0. The fraction of sp³-hybridized carbons (Fsp3) is 0.200. The normalized spacial score (nSPS) is 10.2. The van der Waals surface area contributed by atoms with Gasteiger partial charge in [-0.15, -0.1) is 0 Å². The molecular weight excluding hydrogens is 256 g/mol. The zero-order valence-corrected chi connectivity index (χ0v) is 10.9. The monoisotopic (exact) mass is 272 g/mol. The molecule has 0 unspecified atom stereocenters. The van der Waals surface area contributed by atoms with Gasteiger partial charge in [-0.3, -0.25) is 14.8 Å². The minimum absolute atomic E-state index is 0.0277. The average molecular weight is 272 g/mol. The van der Waals surface area contributed by atoms with Crippen LogP contribution in [0.25, 0.3) is 10.8 Å². The fourth-order valence-electron chi connectivity index (χ4n) is 1.92. The average Bonchev–Trinajstić information content (AvgIpc) is 2.50. The van der Waals surface area contributed by atoms with Gasteiger partial charge in [0.2, 0.25) is 11.8 Å². The molecule has 2 aromatic rings. The lowest BCUT2D eigenvalue weighted by Gasteiger charge is -2.06. The molecule has 0 aliphatic carbocycles. The van der Waals surface area contributed by atoms with Gasteiger partial charge in [-0.05, 0) is 22.4 Å². The highest BCUT2D eigenvalue weighted by molar-refractivity contribution is 5.84. The molecule has 0 radical (unpaired) electrons. The van der Waals surface area contributed by atoms with Crippen molar-refractivity contribution in [3.05, 3.63) is 48.0 Å². The Morgan fingerprint density at radius 1 is 0.950 bits per heavy atom. The Labute approximate surface area is 116 Å². The molecule has 5 nitrogen and oxygen atoms in total. The molecule has 5 heteroatoms. The summed E-state index contributed by atoms with van der Waals surface area (Å²) in [6.07, 6.45) is 0.0278. The van der Waals surface area contributed by atoms with E-state index in [9.17, 15) is 9.59 Å². The van der Waals surface area contributed by atoms with Crippen molar-refractivity contribution in [1.29, 1.82) is 0 Å². The second kappa shape index (κ2) is 6.68. The minimum atomic E-state index is -0.564. The molecule has 2 aromatic carbocycles. The van der Waals surface area contributed by atoms with Crippen LogP contribution in [0.1, 0.15) is 18.4 Å². The first kappa shape index (κ1) is 14.0. The molecule has 0 fully saturated rings. The third-order valence-corrected chi connectivity index (χ3v) is 3.01. The Morgan fingerprint density at radius 2 is 1.65 bits per heavy atom. The summed E-state index contributed by atoms with van der Waals surface area (Å²) in [7, 11) is 0. The van der Waals surface area contributed by atoms with Crippen LogP contribution < -0.4 is 10.8 Å². The SMILES string of the molecule is O=C(CCC(=O)NCc1ccc2ccccc2c1)NO. The van der Waals surface area contributed by atoms with Gasteiger partial charge in [0.25, 0.3) is 0 Å². The van der Waals surface area contributed by atoms with E-state index in [4.69, 9.17) is 5.21 Å². The van der Waals surface area contributed by atoms with Crippen molar-refractivity contribution in [3.8, 4) is 0 Å². The quantitative estimate of drug-likeness (QED) is 0.573. The Bertz CT molecular complexity index is 625. The summed E-state index contributed by atoms with van der Waals surface area (Å²) in [6.45, 7) is 0.421. The number of carbonyl (C=O) groups is 2. The van der Waals surface area contributed by atoms with Crippen molar-refractivity contribution in [2.45, 2.75) is 19.4 Å². The molecule has 0 saturated carbocycles. The highest BCUT2D eigenvalue weighted by atomic mass is 16.5. The van der Waals surface area contributed by atoms with E-state index in [1.54, 1.807) is 0 Å². The van der Waals surface area contributed by atoms with E-state index < -0.39 is 5.91 Å². The van der Waals surface area contributed by atoms with Crippen molar-refractivity contribution >= 4 is 22.6 Å². The molecule has 0 saturated heterocycles. The molecule has 2 amide bonds. The summed E-state index contributed by atoms with van der Waals surface area (Å²) >= 11 is 0. The number of fused-ring (bicyclic) bond motifs is 1. The molecule has 104 valence electrons. The number of hydrogen-bond acceptors (Lipinski definition) is 3. The molecule has 20 heavy (non-hydrogen) atoms. The van der Waals surface area contributed by atoms with Gasteiger partial charge in [0, 0.05) is 19.4 Å². The molecule has 0 spiro atoms. The molecule has 0 aliphatic heterocycles. The molecule has 0 aliphatic rings. The van der Waals surface area contributed by atoms with Crippen LogP contribution in [0.5, 0.6) is 0 Å². The van der Waals surface area contributed by atoms with Gasteiger partial charge in [0.05, 0.1) is 0 Å². The van der Waals surface area contributed by atoms with Gasteiger partial charge in [-0.2, -0.15) is 0 Å². The predicted molar refractivity (Wildman–Crippen MR) is 75.0 cm³/mol. The number of rotatable bonds is 5. The maximum absolute atomic E-state index is 11.5. The van der Waals surface area contributed by atoms with Gasteiger partial charge in [0.15, 0.2) is 0 Å². The van der Waals surface area contributed by atoms with Crippen LogP contribution in [0.2, 0.25) is 0 Å². The largest absolute Gasteiger partial charge is 0.352 e. The predicted octanol–water partition coefficient (Wildman–Crippen LogP) is 1.74. The van der Waals surface area contributed by atoms with Crippen LogP contribution >= 0.6 is 0 Å². The van der Waals surface area contributed by atoms with E-state index in [0.717, 1.165) is 16.3 Å². The van der Waals surface area contributed by atoms with Crippen LogP contribution in [-0.2, 0) is 16.1 Å². The van der Waals surface area contributed by atoms with Crippen molar-refractivity contribution in [2.24, 2.45) is 0 Å². The smallest absolute Gasteiger partial charge is 0.243 e. The van der Waals surface area contributed by atoms with Gasteiger partial charge in [-0.1, -0.05) is 36.4 Å². The van der Waals surface area contributed by atoms with E-state index in [2.05, 4.69) is 5.32 Å². The Kier molecular flexibility index (Phi) is 4.68. The van der Waals surface area contributed by atoms with Crippen molar-refractivity contribution in [3.63, 3.8) is 0 Å². The maximum atomic E-state index is 11.5. The summed E-state index contributed by atoms with van der Waals surface area (Å²) in [5.41, 5.74) is 2.50. The van der Waals surface area contributed by atoms with Gasteiger partial charge in [0.1, 0.15) is 0 Å². The lowest BCUT2D eigenvalue weighted by Crippen LogP contribution is -2.25. The highest BCUT2D eigenvalue weighted by Crippen LogP contribution is 2.15. The maximum Gasteiger partial charge on any atom is 0.243 e. The van der Waals surface area contributed by atoms with Crippen molar-refractivity contribution < 1.29 is 14.8 Å². The zero-order valence-electron chi connectivity index (χ0n) is 10.9. The number of amides is 2. The van der Waals surface area contributed by atoms with Crippen LogP contribution in [0.4, 0.5) is 0 Å². The number of hydrogen-bond donors (Lipinski definition) is 3. The molecule has 2 rings (SSSR count). The first-order valence-electron chi connectivity index (χ1n) is 6.36. The first-order valence-corrected chi connectivity index (χ1v) is 6.36. The number of benzene rings is 2. The van der Waals surface area contributed by atoms with Crippen molar-refractivity contribution in [2.75, 3.05) is 0 Å². The first-order chi connectivity index (χ1) is 9.69. The van der Waals surface area contributed by atoms with Crippen LogP contribution in [-0.4, -0.2) is 17.0 Å². The zero-order chi connectivity index (χ0) is 14.4. The summed E-state index contributed by atoms with van der Waals surface area (Å²) in [5, 5.41) is 13.3. The van der Waals surface area contributed by atoms with Crippen LogP contribution in [0.3, 0.4) is 0 Å². The molecular formula is C15H16N2O3.